The molecular weight excluding hydrogens is 516 g/mol. The molecule has 12 nitrogen and oxygen atoms in total. The highest BCUT2D eigenvalue weighted by molar-refractivity contribution is 7.80. The Labute approximate surface area is 220 Å². The predicted molar refractivity (Wildman–Crippen MR) is 142 cm³/mol. The van der Waals surface area contributed by atoms with E-state index in [4.69, 9.17) is 17.0 Å². The van der Waals surface area contributed by atoms with Crippen LogP contribution in [0.15, 0.2) is 42.5 Å². The van der Waals surface area contributed by atoms with Crippen molar-refractivity contribution in [2.24, 2.45) is 0 Å². The van der Waals surface area contributed by atoms with E-state index in [0.717, 1.165) is 26.9 Å². The zero-order chi connectivity index (χ0) is 25.9. The smallest absolute Gasteiger partial charge is 0.293 e. The lowest BCUT2D eigenvalue weighted by Gasteiger charge is -2.28. The van der Waals surface area contributed by atoms with Gasteiger partial charge in [-0.05, 0) is 36.8 Å². The van der Waals surface area contributed by atoms with Crippen LogP contribution in [0.25, 0.3) is 15.5 Å². The zero-order valence-corrected chi connectivity index (χ0v) is 21.3. The second kappa shape index (κ2) is 10.5. The van der Waals surface area contributed by atoms with Gasteiger partial charge < -0.3 is 15.0 Å². The topological polar surface area (TPSA) is 140 Å². The molecule has 0 spiro atoms. The second-order valence-electron chi connectivity index (χ2n) is 8.24. The summed E-state index contributed by atoms with van der Waals surface area (Å²) in [4.78, 5) is 26.5. The Kier molecular flexibility index (Phi) is 7.03. The molecule has 3 heterocycles. The highest BCUT2D eigenvalue weighted by Crippen LogP contribution is 2.30. The molecule has 0 radical (unpaired) electrons. The van der Waals surface area contributed by atoms with Crippen molar-refractivity contribution in [3.63, 3.8) is 0 Å². The SMILES string of the molecule is Cc1nnc2sc(-c3ccc(CNC(=S)NC(=O)c4ccc(N5CCOCC5)c([N+](=O)[O-])c4)cc3)nn12. The number of anilines is 1. The minimum atomic E-state index is -0.525. The van der Waals surface area contributed by atoms with Gasteiger partial charge in [-0.15, -0.1) is 10.2 Å². The van der Waals surface area contributed by atoms with E-state index in [1.807, 2.05) is 36.1 Å². The van der Waals surface area contributed by atoms with E-state index in [2.05, 4.69) is 25.9 Å². The maximum Gasteiger partial charge on any atom is 0.293 e. The highest BCUT2D eigenvalue weighted by atomic mass is 32.1. The van der Waals surface area contributed by atoms with E-state index < -0.39 is 10.8 Å². The van der Waals surface area contributed by atoms with E-state index in [1.165, 1.54) is 17.4 Å². The number of amides is 1. The number of nitro benzene ring substituents is 1. The molecule has 190 valence electrons. The number of thiocarbonyl (C=S) groups is 1. The lowest BCUT2D eigenvalue weighted by Crippen LogP contribution is -2.39. The van der Waals surface area contributed by atoms with Crippen LogP contribution in [0.4, 0.5) is 11.4 Å². The first-order valence-corrected chi connectivity index (χ1v) is 12.6. The lowest BCUT2D eigenvalue weighted by atomic mass is 10.1. The van der Waals surface area contributed by atoms with E-state index in [0.29, 0.717) is 38.5 Å². The number of aryl methyl sites for hydroxylation is 1. The van der Waals surface area contributed by atoms with Crippen molar-refractivity contribution >= 4 is 50.9 Å². The zero-order valence-electron chi connectivity index (χ0n) is 19.7. The fraction of sp³-hybridized carbons (Fsp3) is 0.261. The number of hydrogen-bond acceptors (Lipinski definition) is 10. The molecule has 1 fully saturated rings. The number of carbonyl (C=O) groups is 1. The Hall–Kier alpha value is -4.01. The third kappa shape index (κ3) is 5.40. The summed E-state index contributed by atoms with van der Waals surface area (Å²) in [6.07, 6.45) is 0. The summed E-state index contributed by atoms with van der Waals surface area (Å²) < 4.78 is 7.03. The minimum Gasteiger partial charge on any atom is -0.378 e. The third-order valence-corrected chi connectivity index (χ3v) is 7.01. The molecular formula is C23H22N8O4S2. The highest BCUT2D eigenvalue weighted by Gasteiger charge is 2.23. The van der Waals surface area contributed by atoms with Gasteiger partial charge in [-0.3, -0.25) is 20.2 Å². The van der Waals surface area contributed by atoms with E-state index in [9.17, 15) is 14.9 Å². The van der Waals surface area contributed by atoms with Crippen LogP contribution >= 0.6 is 23.6 Å². The molecule has 1 aliphatic rings. The summed E-state index contributed by atoms with van der Waals surface area (Å²) in [5.41, 5.74) is 2.39. The Morgan fingerprint density at radius 3 is 2.65 bits per heavy atom. The minimum absolute atomic E-state index is 0.123. The number of carbonyl (C=O) groups excluding carboxylic acids is 1. The number of benzene rings is 2. The first-order valence-electron chi connectivity index (χ1n) is 11.4. The van der Waals surface area contributed by atoms with Gasteiger partial charge in [0.2, 0.25) is 4.96 Å². The van der Waals surface area contributed by atoms with E-state index in [1.54, 1.807) is 16.6 Å². The molecule has 1 amide bonds. The van der Waals surface area contributed by atoms with E-state index >= 15 is 0 Å². The van der Waals surface area contributed by atoms with Gasteiger partial charge in [0, 0.05) is 36.8 Å². The average Bonchev–Trinajstić information content (AvgIpc) is 3.49. The van der Waals surface area contributed by atoms with Gasteiger partial charge >= 0.3 is 0 Å². The summed E-state index contributed by atoms with van der Waals surface area (Å²) in [7, 11) is 0. The number of nitro groups is 1. The molecule has 2 aromatic heterocycles. The van der Waals surface area contributed by atoms with Crippen LogP contribution in [-0.2, 0) is 11.3 Å². The predicted octanol–water partition coefficient (Wildman–Crippen LogP) is 2.71. The van der Waals surface area contributed by atoms with Crippen LogP contribution in [0.1, 0.15) is 21.7 Å². The maximum atomic E-state index is 12.7. The number of aromatic nitrogens is 4. The van der Waals surface area contributed by atoms with Crippen LogP contribution in [0, 0.1) is 17.0 Å². The number of fused-ring (bicyclic) bond motifs is 1. The first kappa shape index (κ1) is 24.7. The Balaban J connectivity index is 1.18. The molecule has 0 bridgehead atoms. The van der Waals surface area contributed by atoms with Gasteiger partial charge in [0.25, 0.3) is 11.6 Å². The Bertz CT molecular complexity index is 1480. The Morgan fingerprint density at radius 2 is 1.95 bits per heavy atom. The molecule has 37 heavy (non-hydrogen) atoms. The normalized spacial score (nSPS) is 13.5. The molecule has 5 rings (SSSR count). The summed E-state index contributed by atoms with van der Waals surface area (Å²) in [6.45, 7) is 4.34. The number of nitrogens with zero attached hydrogens (tertiary/aromatic N) is 6. The largest absolute Gasteiger partial charge is 0.378 e. The number of nitrogens with one attached hydrogen (secondary N) is 2. The van der Waals surface area contributed by atoms with Gasteiger partial charge in [-0.25, -0.2) is 0 Å². The molecule has 2 aromatic carbocycles. The van der Waals surface area contributed by atoms with Crippen molar-refractivity contribution in [2.75, 3.05) is 31.2 Å². The van der Waals surface area contributed by atoms with Crippen molar-refractivity contribution in [2.45, 2.75) is 13.5 Å². The number of morpholine rings is 1. The summed E-state index contributed by atoms with van der Waals surface area (Å²) >= 11 is 6.72. The lowest BCUT2D eigenvalue weighted by molar-refractivity contribution is -0.384. The number of rotatable bonds is 6. The Morgan fingerprint density at radius 1 is 1.19 bits per heavy atom. The van der Waals surface area contributed by atoms with Gasteiger partial charge in [-0.1, -0.05) is 35.6 Å². The molecule has 0 aliphatic carbocycles. The third-order valence-electron chi connectivity index (χ3n) is 5.81. The maximum absolute atomic E-state index is 12.7. The van der Waals surface area contributed by atoms with Gasteiger partial charge in [0.05, 0.1) is 18.1 Å². The van der Waals surface area contributed by atoms with Crippen molar-refractivity contribution < 1.29 is 14.5 Å². The molecule has 0 atom stereocenters. The summed E-state index contributed by atoms with van der Waals surface area (Å²) in [6, 6.07) is 12.2. The standard InChI is InChI=1S/C23H22N8O4S2/c1-14-26-27-23-30(14)28-21(37-23)16-4-2-15(3-5-16)13-24-22(36)25-20(32)17-6-7-18(19(12-17)31(33)34)29-8-10-35-11-9-29/h2-7,12H,8-11,13H2,1H3,(H2,24,25,32,36). The van der Waals surface area contributed by atoms with Gasteiger partial charge in [-0.2, -0.15) is 9.61 Å². The van der Waals surface area contributed by atoms with Crippen molar-refractivity contribution in [3.8, 4) is 10.6 Å². The van der Waals surface area contributed by atoms with Crippen molar-refractivity contribution in [1.82, 2.24) is 30.4 Å². The quantitative estimate of drug-likeness (QED) is 0.214. The first-order chi connectivity index (χ1) is 17.9. The molecule has 1 aliphatic heterocycles. The molecule has 0 saturated carbocycles. The molecule has 1 saturated heterocycles. The fourth-order valence-electron chi connectivity index (χ4n) is 3.88. The summed E-state index contributed by atoms with van der Waals surface area (Å²) in [5.74, 6) is 0.208. The van der Waals surface area contributed by atoms with Gasteiger partial charge in [0.15, 0.2) is 10.9 Å². The molecule has 14 heteroatoms. The fourth-order valence-corrected chi connectivity index (χ4v) is 4.94. The van der Waals surface area contributed by atoms with Crippen LogP contribution in [0.5, 0.6) is 0 Å². The van der Waals surface area contributed by atoms with Crippen LogP contribution < -0.4 is 15.5 Å². The van der Waals surface area contributed by atoms with Crippen LogP contribution in [0.3, 0.4) is 0 Å². The van der Waals surface area contributed by atoms with Crippen LogP contribution in [-0.4, -0.2) is 62.1 Å². The van der Waals surface area contributed by atoms with E-state index in [-0.39, 0.29) is 16.4 Å². The number of ether oxygens (including phenoxy) is 1. The second-order valence-corrected chi connectivity index (χ2v) is 9.61. The molecule has 0 unspecified atom stereocenters. The van der Waals surface area contributed by atoms with Crippen LogP contribution in [0.2, 0.25) is 0 Å². The van der Waals surface area contributed by atoms with Crippen molar-refractivity contribution in [1.29, 1.82) is 0 Å². The van der Waals surface area contributed by atoms with Gasteiger partial charge in [0.1, 0.15) is 10.7 Å². The monoisotopic (exact) mass is 538 g/mol. The average molecular weight is 539 g/mol. The molecule has 4 aromatic rings. The number of hydrogen-bond donors (Lipinski definition) is 2. The molecule has 2 N–H and O–H groups in total. The van der Waals surface area contributed by atoms with Crippen molar-refractivity contribution in [3.05, 3.63) is 69.5 Å². The summed E-state index contributed by atoms with van der Waals surface area (Å²) in [5, 5.41) is 30.8.